The SMILES string of the molecule is CC(=O)NC(c1ccccc1)C12CCC(CC1)CC2. The number of fused-ring (bicyclic) bond motifs is 3. The monoisotopic (exact) mass is 257 g/mol. The normalized spacial score (nSPS) is 30.9. The van der Waals surface area contributed by atoms with Crippen molar-refractivity contribution in [1.82, 2.24) is 5.32 Å². The second kappa shape index (κ2) is 4.99. The van der Waals surface area contributed by atoms with Gasteiger partial charge in [0.05, 0.1) is 6.04 Å². The first-order chi connectivity index (χ1) is 9.20. The van der Waals surface area contributed by atoms with Crippen LogP contribution in [0.3, 0.4) is 0 Å². The number of nitrogens with one attached hydrogen (secondary N) is 1. The minimum atomic E-state index is 0.0934. The van der Waals surface area contributed by atoms with E-state index in [1.54, 1.807) is 6.92 Å². The number of amides is 1. The molecule has 102 valence electrons. The van der Waals surface area contributed by atoms with E-state index in [-0.39, 0.29) is 11.9 Å². The van der Waals surface area contributed by atoms with Crippen LogP contribution in [0.5, 0.6) is 0 Å². The van der Waals surface area contributed by atoms with Crippen LogP contribution in [0.25, 0.3) is 0 Å². The van der Waals surface area contributed by atoms with Crippen LogP contribution < -0.4 is 5.32 Å². The van der Waals surface area contributed by atoms with Gasteiger partial charge >= 0.3 is 0 Å². The maximum atomic E-state index is 11.6. The molecule has 1 aromatic rings. The highest BCUT2D eigenvalue weighted by Gasteiger charge is 2.46. The largest absolute Gasteiger partial charge is 0.349 e. The van der Waals surface area contributed by atoms with Gasteiger partial charge in [-0.05, 0) is 55.4 Å². The Hall–Kier alpha value is -1.31. The fourth-order valence-electron chi connectivity index (χ4n) is 4.15. The number of carbonyl (C=O) groups excluding carboxylic acids is 1. The molecule has 1 N–H and O–H groups in total. The molecule has 3 saturated carbocycles. The highest BCUT2D eigenvalue weighted by molar-refractivity contribution is 5.73. The summed E-state index contributed by atoms with van der Waals surface area (Å²) in [4.78, 5) is 11.6. The van der Waals surface area contributed by atoms with E-state index in [1.807, 2.05) is 6.07 Å². The molecule has 0 aliphatic heterocycles. The van der Waals surface area contributed by atoms with E-state index in [0.717, 1.165) is 5.92 Å². The van der Waals surface area contributed by atoms with Gasteiger partial charge in [0.2, 0.25) is 5.91 Å². The van der Waals surface area contributed by atoms with E-state index in [1.165, 1.54) is 44.1 Å². The van der Waals surface area contributed by atoms with Crippen LogP contribution in [-0.2, 0) is 4.79 Å². The molecule has 1 unspecified atom stereocenters. The van der Waals surface area contributed by atoms with Crippen molar-refractivity contribution in [2.75, 3.05) is 0 Å². The lowest BCUT2D eigenvalue weighted by atomic mass is 9.56. The zero-order valence-electron chi connectivity index (χ0n) is 11.7. The predicted molar refractivity (Wildman–Crippen MR) is 76.6 cm³/mol. The molecule has 2 nitrogen and oxygen atoms in total. The van der Waals surface area contributed by atoms with Crippen LogP contribution in [0.1, 0.15) is 57.1 Å². The van der Waals surface area contributed by atoms with Gasteiger partial charge in [-0.15, -0.1) is 0 Å². The van der Waals surface area contributed by atoms with Crippen LogP contribution in [0.4, 0.5) is 0 Å². The van der Waals surface area contributed by atoms with Crippen molar-refractivity contribution >= 4 is 5.91 Å². The quantitative estimate of drug-likeness (QED) is 0.876. The number of rotatable bonds is 3. The molecule has 1 aromatic carbocycles. The molecule has 2 bridgehead atoms. The zero-order valence-corrected chi connectivity index (χ0v) is 11.7. The molecule has 3 aliphatic carbocycles. The Morgan fingerprint density at radius 2 is 1.74 bits per heavy atom. The molecule has 0 saturated heterocycles. The standard InChI is InChI=1S/C17H23NO/c1-13(19)18-16(15-5-3-2-4-6-15)17-10-7-14(8-11-17)9-12-17/h2-6,14,16H,7-12H2,1H3,(H,18,19). The number of benzene rings is 1. The summed E-state index contributed by atoms with van der Waals surface area (Å²) in [5, 5.41) is 3.24. The summed E-state index contributed by atoms with van der Waals surface area (Å²) in [5.74, 6) is 1.05. The molecule has 0 aromatic heterocycles. The van der Waals surface area contributed by atoms with Gasteiger partial charge in [0.1, 0.15) is 0 Å². The lowest BCUT2D eigenvalue weighted by molar-refractivity contribution is -0.121. The summed E-state index contributed by atoms with van der Waals surface area (Å²) in [7, 11) is 0. The smallest absolute Gasteiger partial charge is 0.217 e. The molecule has 1 atom stereocenters. The third-order valence-corrected chi connectivity index (χ3v) is 5.24. The highest BCUT2D eigenvalue weighted by atomic mass is 16.1. The maximum Gasteiger partial charge on any atom is 0.217 e. The topological polar surface area (TPSA) is 29.1 Å². The van der Waals surface area contributed by atoms with Gasteiger partial charge in [0.25, 0.3) is 0 Å². The molecular formula is C17H23NO. The Labute approximate surface area is 115 Å². The van der Waals surface area contributed by atoms with Gasteiger partial charge in [-0.3, -0.25) is 4.79 Å². The zero-order chi connectivity index (χ0) is 13.3. The molecular weight excluding hydrogens is 234 g/mol. The lowest BCUT2D eigenvalue weighted by Gasteiger charge is -2.51. The molecule has 0 spiro atoms. The minimum Gasteiger partial charge on any atom is -0.349 e. The summed E-state index contributed by atoms with van der Waals surface area (Å²) in [5.41, 5.74) is 1.58. The third kappa shape index (κ3) is 2.41. The number of hydrogen-bond acceptors (Lipinski definition) is 1. The first kappa shape index (κ1) is 12.7. The van der Waals surface area contributed by atoms with E-state index in [0.29, 0.717) is 5.41 Å². The van der Waals surface area contributed by atoms with Gasteiger partial charge in [-0.2, -0.15) is 0 Å². The van der Waals surface area contributed by atoms with Crippen molar-refractivity contribution < 1.29 is 4.79 Å². The molecule has 19 heavy (non-hydrogen) atoms. The van der Waals surface area contributed by atoms with Crippen molar-refractivity contribution in [2.45, 2.75) is 51.5 Å². The molecule has 2 heteroatoms. The first-order valence-corrected chi connectivity index (χ1v) is 7.52. The molecule has 1 amide bonds. The Morgan fingerprint density at radius 1 is 1.16 bits per heavy atom. The van der Waals surface area contributed by atoms with Crippen molar-refractivity contribution in [2.24, 2.45) is 11.3 Å². The minimum absolute atomic E-state index is 0.0934. The Bertz CT molecular complexity index is 432. The van der Waals surface area contributed by atoms with Gasteiger partial charge in [-0.1, -0.05) is 30.3 Å². The Morgan fingerprint density at radius 3 is 2.26 bits per heavy atom. The first-order valence-electron chi connectivity index (χ1n) is 7.52. The average Bonchev–Trinajstić information content (AvgIpc) is 2.47. The average molecular weight is 257 g/mol. The van der Waals surface area contributed by atoms with E-state index in [4.69, 9.17) is 0 Å². The van der Waals surface area contributed by atoms with E-state index in [2.05, 4.69) is 29.6 Å². The fraction of sp³-hybridized carbons (Fsp3) is 0.588. The van der Waals surface area contributed by atoms with Gasteiger partial charge in [0, 0.05) is 6.92 Å². The van der Waals surface area contributed by atoms with E-state index in [9.17, 15) is 4.79 Å². The maximum absolute atomic E-state index is 11.6. The Balaban J connectivity index is 1.92. The van der Waals surface area contributed by atoms with Crippen LogP contribution in [0.2, 0.25) is 0 Å². The third-order valence-electron chi connectivity index (χ3n) is 5.24. The van der Waals surface area contributed by atoms with Gasteiger partial charge in [0.15, 0.2) is 0 Å². The fourth-order valence-corrected chi connectivity index (χ4v) is 4.15. The summed E-state index contributed by atoms with van der Waals surface area (Å²) < 4.78 is 0. The van der Waals surface area contributed by atoms with Crippen LogP contribution >= 0.6 is 0 Å². The van der Waals surface area contributed by atoms with Gasteiger partial charge in [-0.25, -0.2) is 0 Å². The second-order valence-corrected chi connectivity index (χ2v) is 6.39. The summed E-state index contributed by atoms with van der Waals surface area (Å²) >= 11 is 0. The number of hydrogen-bond donors (Lipinski definition) is 1. The molecule has 3 fully saturated rings. The second-order valence-electron chi connectivity index (χ2n) is 6.39. The molecule has 4 rings (SSSR count). The summed E-state index contributed by atoms with van der Waals surface area (Å²) in [6, 6.07) is 10.7. The van der Waals surface area contributed by atoms with Crippen LogP contribution in [0, 0.1) is 11.3 Å². The van der Waals surface area contributed by atoms with Crippen molar-refractivity contribution in [3.8, 4) is 0 Å². The molecule has 0 heterocycles. The van der Waals surface area contributed by atoms with Gasteiger partial charge < -0.3 is 5.32 Å². The van der Waals surface area contributed by atoms with Crippen molar-refractivity contribution in [1.29, 1.82) is 0 Å². The summed E-state index contributed by atoms with van der Waals surface area (Å²) in [6.07, 6.45) is 7.88. The Kier molecular flexibility index (Phi) is 3.34. The predicted octanol–water partition coefficient (Wildman–Crippen LogP) is 3.83. The lowest BCUT2D eigenvalue weighted by Crippen LogP contribution is -2.45. The van der Waals surface area contributed by atoms with Crippen LogP contribution in [-0.4, -0.2) is 5.91 Å². The highest BCUT2D eigenvalue weighted by Crippen LogP contribution is 2.56. The number of carbonyl (C=O) groups is 1. The molecule has 3 aliphatic rings. The van der Waals surface area contributed by atoms with E-state index < -0.39 is 0 Å². The summed E-state index contributed by atoms with van der Waals surface area (Å²) in [6.45, 7) is 1.64. The molecule has 0 radical (unpaired) electrons. The van der Waals surface area contributed by atoms with Crippen LogP contribution in [0.15, 0.2) is 30.3 Å². The van der Waals surface area contributed by atoms with E-state index >= 15 is 0 Å². The van der Waals surface area contributed by atoms with Crippen molar-refractivity contribution in [3.05, 3.63) is 35.9 Å². The van der Waals surface area contributed by atoms with Crippen molar-refractivity contribution in [3.63, 3.8) is 0 Å².